The minimum atomic E-state index is 0.119. The van der Waals surface area contributed by atoms with Crippen molar-refractivity contribution >= 4 is 11.3 Å². The summed E-state index contributed by atoms with van der Waals surface area (Å²) in [4.78, 5) is 0. The van der Waals surface area contributed by atoms with Crippen LogP contribution >= 0.6 is 11.3 Å². The Morgan fingerprint density at radius 3 is 2.86 bits per heavy atom. The summed E-state index contributed by atoms with van der Waals surface area (Å²) in [5.74, 6) is 0. The summed E-state index contributed by atoms with van der Waals surface area (Å²) in [6.45, 7) is 4.40. The summed E-state index contributed by atoms with van der Waals surface area (Å²) in [5.41, 5.74) is 8.22. The molecule has 0 aliphatic rings. The minimum Gasteiger partial charge on any atom is -0.379 e. The maximum Gasteiger partial charge on any atom is 0.0817 e. The van der Waals surface area contributed by atoms with Crippen LogP contribution in [-0.2, 0) is 11.3 Å². The van der Waals surface area contributed by atoms with Crippen molar-refractivity contribution < 1.29 is 4.74 Å². The molecule has 1 rings (SSSR count). The molecule has 0 aliphatic carbocycles. The molecule has 0 saturated carbocycles. The topological polar surface area (TPSA) is 47.3 Å². The van der Waals surface area contributed by atoms with Gasteiger partial charge in [0.05, 0.1) is 6.10 Å². The molecular weight excluding hydrogens is 196 g/mol. The molecule has 0 spiro atoms. The number of thiophene rings is 1. The first-order valence-corrected chi connectivity index (χ1v) is 5.67. The van der Waals surface area contributed by atoms with Gasteiger partial charge in [-0.15, -0.1) is 0 Å². The van der Waals surface area contributed by atoms with E-state index in [1.807, 2.05) is 0 Å². The van der Waals surface area contributed by atoms with Crippen LogP contribution in [0.15, 0.2) is 10.8 Å². The number of rotatable bonds is 6. The van der Waals surface area contributed by atoms with E-state index in [0.29, 0.717) is 6.54 Å². The van der Waals surface area contributed by atoms with Crippen LogP contribution < -0.4 is 11.1 Å². The largest absolute Gasteiger partial charge is 0.379 e. The molecule has 3 nitrogen and oxygen atoms in total. The third-order valence-corrected chi connectivity index (χ3v) is 3.16. The van der Waals surface area contributed by atoms with Crippen molar-refractivity contribution in [1.82, 2.24) is 5.32 Å². The van der Waals surface area contributed by atoms with Crippen molar-refractivity contribution in [2.75, 3.05) is 20.2 Å². The van der Waals surface area contributed by atoms with Crippen molar-refractivity contribution in [2.45, 2.75) is 19.6 Å². The highest BCUT2D eigenvalue weighted by Crippen LogP contribution is 2.12. The molecule has 0 aliphatic heterocycles. The van der Waals surface area contributed by atoms with Crippen molar-refractivity contribution in [3.63, 3.8) is 0 Å². The van der Waals surface area contributed by atoms with Gasteiger partial charge in [-0.2, -0.15) is 11.3 Å². The van der Waals surface area contributed by atoms with Crippen LogP contribution in [0.3, 0.4) is 0 Å². The quantitative estimate of drug-likeness (QED) is 0.746. The summed E-state index contributed by atoms with van der Waals surface area (Å²) in [7, 11) is 1.69. The van der Waals surface area contributed by atoms with Gasteiger partial charge < -0.3 is 15.8 Å². The van der Waals surface area contributed by atoms with Crippen molar-refractivity contribution in [1.29, 1.82) is 0 Å². The summed E-state index contributed by atoms with van der Waals surface area (Å²) in [6, 6.07) is 0. The summed E-state index contributed by atoms with van der Waals surface area (Å²) in [6.07, 6.45) is 0.119. The third-order valence-electron chi connectivity index (χ3n) is 2.25. The maximum absolute atomic E-state index is 5.51. The number of aryl methyl sites for hydroxylation is 1. The molecule has 0 saturated heterocycles. The van der Waals surface area contributed by atoms with E-state index in [2.05, 4.69) is 23.0 Å². The second-order valence-electron chi connectivity index (χ2n) is 3.30. The number of hydrogen-bond acceptors (Lipinski definition) is 4. The zero-order valence-electron chi connectivity index (χ0n) is 8.75. The number of methoxy groups -OCH3 is 1. The van der Waals surface area contributed by atoms with Crippen molar-refractivity contribution in [2.24, 2.45) is 5.73 Å². The van der Waals surface area contributed by atoms with Crippen molar-refractivity contribution in [3.05, 3.63) is 21.9 Å². The Balaban J connectivity index is 2.24. The Kier molecular flexibility index (Phi) is 5.11. The highest BCUT2D eigenvalue weighted by atomic mass is 32.1. The van der Waals surface area contributed by atoms with E-state index in [1.165, 1.54) is 11.1 Å². The molecule has 1 aromatic rings. The molecule has 0 amide bonds. The van der Waals surface area contributed by atoms with E-state index in [1.54, 1.807) is 18.4 Å². The van der Waals surface area contributed by atoms with Crippen LogP contribution in [0, 0.1) is 6.92 Å². The van der Waals surface area contributed by atoms with Crippen LogP contribution in [0.1, 0.15) is 11.1 Å². The van der Waals surface area contributed by atoms with Gasteiger partial charge in [0, 0.05) is 26.7 Å². The fraction of sp³-hybridized carbons (Fsp3) is 0.600. The smallest absolute Gasteiger partial charge is 0.0817 e. The highest BCUT2D eigenvalue weighted by Gasteiger charge is 2.04. The van der Waals surface area contributed by atoms with Gasteiger partial charge in [-0.1, -0.05) is 0 Å². The molecule has 3 N–H and O–H groups in total. The first kappa shape index (κ1) is 11.7. The number of ether oxygens (including phenoxy) is 1. The SMILES string of the molecule is COC(CN)CNCc1cscc1C. The molecule has 1 aromatic heterocycles. The van der Waals surface area contributed by atoms with E-state index in [-0.39, 0.29) is 6.10 Å². The zero-order chi connectivity index (χ0) is 10.4. The number of nitrogens with one attached hydrogen (secondary N) is 1. The van der Waals surface area contributed by atoms with Gasteiger partial charge in [-0.3, -0.25) is 0 Å². The molecule has 0 fully saturated rings. The van der Waals surface area contributed by atoms with Gasteiger partial charge in [0.25, 0.3) is 0 Å². The molecule has 0 radical (unpaired) electrons. The van der Waals surface area contributed by atoms with E-state index < -0.39 is 0 Å². The summed E-state index contributed by atoms with van der Waals surface area (Å²) in [5, 5.41) is 7.67. The fourth-order valence-corrected chi connectivity index (χ4v) is 2.06. The summed E-state index contributed by atoms with van der Waals surface area (Å²) < 4.78 is 5.16. The number of hydrogen-bond donors (Lipinski definition) is 2. The van der Waals surface area contributed by atoms with Crippen molar-refractivity contribution in [3.8, 4) is 0 Å². The normalized spacial score (nSPS) is 13.1. The van der Waals surface area contributed by atoms with Gasteiger partial charge in [0.1, 0.15) is 0 Å². The molecule has 1 unspecified atom stereocenters. The predicted octanol–water partition coefficient (Wildman–Crippen LogP) is 1.12. The van der Waals surface area contributed by atoms with E-state index >= 15 is 0 Å². The Hall–Kier alpha value is -0.420. The molecule has 14 heavy (non-hydrogen) atoms. The van der Waals surface area contributed by atoms with E-state index in [0.717, 1.165) is 13.1 Å². The van der Waals surface area contributed by atoms with Gasteiger partial charge in [0.2, 0.25) is 0 Å². The Bertz CT molecular complexity index is 258. The standard InChI is InChI=1S/C10H18N2OS/c1-8-6-14-7-9(8)4-12-5-10(3-11)13-2/h6-7,10,12H,3-5,11H2,1-2H3. The van der Waals surface area contributed by atoms with Gasteiger partial charge >= 0.3 is 0 Å². The lowest BCUT2D eigenvalue weighted by Gasteiger charge is -2.13. The Labute approximate surface area is 89.3 Å². The minimum absolute atomic E-state index is 0.119. The highest BCUT2D eigenvalue weighted by molar-refractivity contribution is 7.08. The lowest BCUT2D eigenvalue weighted by atomic mass is 10.2. The second kappa shape index (κ2) is 6.14. The first-order chi connectivity index (χ1) is 6.77. The molecule has 0 bridgehead atoms. The first-order valence-electron chi connectivity index (χ1n) is 4.73. The average Bonchev–Trinajstić information content (AvgIpc) is 2.59. The second-order valence-corrected chi connectivity index (χ2v) is 4.05. The average molecular weight is 214 g/mol. The van der Waals surface area contributed by atoms with Crippen LogP contribution in [-0.4, -0.2) is 26.3 Å². The summed E-state index contributed by atoms with van der Waals surface area (Å²) >= 11 is 1.74. The van der Waals surface area contributed by atoms with Crippen LogP contribution in [0.5, 0.6) is 0 Å². The van der Waals surface area contributed by atoms with Crippen LogP contribution in [0.4, 0.5) is 0 Å². The molecule has 80 valence electrons. The van der Waals surface area contributed by atoms with E-state index in [4.69, 9.17) is 10.5 Å². The van der Waals surface area contributed by atoms with E-state index in [9.17, 15) is 0 Å². The molecule has 4 heteroatoms. The zero-order valence-corrected chi connectivity index (χ0v) is 9.56. The van der Waals surface area contributed by atoms with Crippen LogP contribution in [0.2, 0.25) is 0 Å². The third kappa shape index (κ3) is 3.38. The Morgan fingerprint density at radius 1 is 1.57 bits per heavy atom. The Morgan fingerprint density at radius 2 is 2.36 bits per heavy atom. The van der Waals surface area contributed by atoms with Gasteiger partial charge in [-0.05, 0) is 28.8 Å². The lowest BCUT2D eigenvalue weighted by Crippen LogP contribution is -2.34. The lowest BCUT2D eigenvalue weighted by molar-refractivity contribution is 0.108. The number of nitrogens with two attached hydrogens (primary N) is 1. The van der Waals surface area contributed by atoms with Crippen LogP contribution in [0.25, 0.3) is 0 Å². The fourth-order valence-electron chi connectivity index (χ4n) is 1.20. The molecule has 0 aromatic carbocycles. The predicted molar refractivity (Wildman–Crippen MR) is 60.6 cm³/mol. The molecule has 1 heterocycles. The molecule has 1 atom stereocenters. The maximum atomic E-state index is 5.51. The monoisotopic (exact) mass is 214 g/mol. The van der Waals surface area contributed by atoms with Gasteiger partial charge in [0.15, 0.2) is 0 Å². The van der Waals surface area contributed by atoms with Gasteiger partial charge in [-0.25, -0.2) is 0 Å². The molecular formula is C10H18N2OS.